The first-order chi connectivity index (χ1) is 8.63. The van der Waals surface area contributed by atoms with Gasteiger partial charge < -0.3 is 14.8 Å². The predicted octanol–water partition coefficient (Wildman–Crippen LogP) is 2.16. The second-order valence-electron chi connectivity index (χ2n) is 3.76. The molecule has 18 heavy (non-hydrogen) atoms. The number of alkyl halides is 1. The van der Waals surface area contributed by atoms with Gasteiger partial charge in [0.15, 0.2) is 5.75 Å². The Bertz CT molecular complexity index is 612. The molecule has 2 rings (SSSR count). The van der Waals surface area contributed by atoms with Crippen LogP contribution < -0.4 is 10.3 Å². The third-order valence-corrected chi connectivity index (χ3v) is 3.12. The van der Waals surface area contributed by atoms with E-state index in [0.717, 1.165) is 0 Å². The number of aromatic nitrogens is 1. The Kier molecular flexibility index (Phi) is 4.11. The molecule has 1 atom stereocenters. The van der Waals surface area contributed by atoms with Crippen molar-refractivity contribution in [2.75, 3.05) is 12.5 Å². The molecular formula is C12H11Cl2NO3. The van der Waals surface area contributed by atoms with Gasteiger partial charge >= 0.3 is 0 Å². The fourth-order valence-electron chi connectivity index (χ4n) is 1.55. The highest BCUT2D eigenvalue weighted by molar-refractivity contribution is 6.32. The van der Waals surface area contributed by atoms with Crippen LogP contribution in [0.1, 0.15) is 0 Å². The smallest absolute Gasteiger partial charge is 0.271 e. The van der Waals surface area contributed by atoms with Crippen molar-refractivity contribution in [3.8, 4) is 5.75 Å². The summed E-state index contributed by atoms with van der Waals surface area (Å²) in [5.41, 5.74) is 0.202. The summed E-state index contributed by atoms with van der Waals surface area (Å²) in [5.74, 6) is 0.318. The molecule has 0 amide bonds. The van der Waals surface area contributed by atoms with Gasteiger partial charge in [-0.2, -0.15) is 0 Å². The second-order valence-corrected chi connectivity index (χ2v) is 4.45. The van der Waals surface area contributed by atoms with Crippen LogP contribution in [-0.2, 0) is 0 Å². The van der Waals surface area contributed by atoms with E-state index in [0.29, 0.717) is 10.9 Å². The maximum atomic E-state index is 11.6. The van der Waals surface area contributed by atoms with E-state index in [1.807, 2.05) is 6.07 Å². The molecule has 1 heterocycles. The lowest BCUT2D eigenvalue weighted by Crippen LogP contribution is -2.20. The van der Waals surface area contributed by atoms with E-state index in [2.05, 4.69) is 4.98 Å². The lowest BCUT2D eigenvalue weighted by molar-refractivity contribution is 0.126. The minimum absolute atomic E-state index is 0.0172. The number of hydrogen-bond donors (Lipinski definition) is 2. The highest BCUT2D eigenvalue weighted by Crippen LogP contribution is 2.29. The Balaban J connectivity index is 2.47. The molecule has 2 aromatic rings. The number of nitrogens with one attached hydrogen (secondary N) is 1. The number of rotatable bonds is 4. The van der Waals surface area contributed by atoms with E-state index in [-0.39, 0.29) is 23.3 Å². The monoisotopic (exact) mass is 287 g/mol. The number of para-hydroxylation sites is 1. The number of H-pyrrole nitrogens is 1. The number of ether oxygens (including phenoxy) is 1. The number of benzene rings is 1. The number of fused-ring (bicyclic) bond motifs is 1. The fraction of sp³-hybridized carbons (Fsp3) is 0.250. The largest absolute Gasteiger partial charge is 0.488 e. The van der Waals surface area contributed by atoms with E-state index in [4.69, 9.17) is 27.9 Å². The summed E-state index contributed by atoms with van der Waals surface area (Å²) >= 11 is 11.4. The number of hydrogen-bond acceptors (Lipinski definition) is 3. The van der Waals surface area contributed by atoms with Crippen LogP contribution in [0.25, 0.3) is 10.9 Å². The molecule has 1 aromatic carbocycles. The highest BCUT2D eigenvalue weighted by atomic mass is 35.5. The number of aliphatic hydroxyl groups excluding tert-OH is 1. The van der Waals surface area contributed by atoms with Crippen molar-refractivity contribution in [3.05, 3.63) is 39.6 Å². The molecular weight excluding hydrogens is 277 g/mol. The maximum Gasteiger partial charge on any atom is 0.271 e. The zero-order valence-electron chi connectivity index (χ0n) is 9.32. The van der Waals surface area contributed by atoms with Gasteiger partial charge in [-0.15, -0.1) is 11.6 Å². The Morgan fingerprint density at radius 1 is 1.39 bits per heavy atom. The molecule has 0 saturated carbocycles. The van der Waals surface area contributed by atoms with Crippen molar-refractivity contribution in [1.29, 1.82) is 0 Å². The molecule has 0 bridgehead atoms. The standard InChI is InChI=1S/C12H11Cl2NO3/c13-5-7(16)6-18-11-8-3-1-2-4-9(8)15-12(17)10(11)14/h1-4,7,16H,5-6H2,(H,15,17). The zero-order valence-corrected chi connectivity index (χ0v) is 10.8. The van der Waals surface area contributed by atoms with Gasteiger partial charge in [-0.25, -0.2) is 0 Å². The second kappa shape index (κ2) is 5.61. The summed E-state index contributed by atoms with van der Waals surface area (Å²) in [7, 11) is 0. The van der Waals surface area contributed by atoms with E-state index < -0.39 is 11.7 Å². The van der Waals surface area contributed by atoms with Crippen LogP contribution in [0.4, 0.5) is 0 Å². The number of aliphatic hydroxyl groups is 1. The Morgan fingerprint density at radius 3 is 2.83 bits per heavy atom. The van der Waals surface area contributed by atoms with Crippen LogP contribution in [0, 0.1) is 0 Å². The highest BCUT2D eigenvalue weighted by Gasteiger charge is 2.13. The van der Waals surface area contributed by atoms with Gasteiger partial charge in [0.25, 0.3) is 5.56 Å². The number of halogens is 2. The number of pyridine rings is 1. The van der Waals surface area contributed by atoms with Crippen molar-refractivity contribution in [2.45, 2.75) is 6.10 Å². The van der Waals surface area contributed by atoms with E-state index >= 15 is 0 Å². The molecule has 96 valence electrons. The number of aromatic amines is 1. The molecule has 2 N–H and O–H groups in total. The summed E-state index contributed by atoms with van der Waals surface area (Å²) in [5, 5.41) is 10.0. The first-order valence-corrected chi connectivity index (χ1v) is 6.22. The predicted molar refractivity (Wildman–Crippen MR) is 71.8 cm³/mol. The van der Waals surface area contributed by atoms with Gasteiger partial charge in [0.05, 0.1) is 11.4 Å². The van der Waals surface area contributed by atoms with Crippen LogP contribution in [-0.4, -0.2) is 28.7 Å². The Labute approximate surface area is 113 Å². The van der Waals surface area contributed by atoms with Crippen molar-refractivity contribution >= 4 is 34.1 Å². The minimum atomic E-state index is -0.805. The van der Waals surface area contributed by atoms with E-state index in [1.54, 1.807) is 18.2 Å². The molecule has 0 aliphatic heterocycles. The van der Waals surface area contributed by atoms with Crippen LogP contribution in [0.5, 0.6) is 5.75 Å². The molecule has 0 fully saturated rings. The quantitative estimate of drug-likeness (QED) is 0.847. The zero-order chi connectivity index (χ0) is 13.1. The lowest BCUT2D eigenvalue weighted by Gasteiger charge is -2.12. The summed E-state index contributed by atoms with van der Waals surface area (Å²) < 4.78 is 5.40. The molecule has 0 saturated heterocycles. The van der Waals surface area contributed by atoms with Gasteiger partial charge in [-0.3, -0.25) is 4.79 Å². The van der Waals surface area contributed by atoms with Crippen molar-refractivity contribution in [1.82, 2.24) is 4.98 Å². The normalized spacial score (nSPS) is 12.6. The molecule has 0 spiro atoms. The topological polar surface area (TPSA) is 62.3 Å². The molecule has 1 aromatic heterocycles. The van der Waals surface area contributed by atoms with Crippen LogP contribution in [0.3, 0.4) is 0 Å². The maximum absolute atomic E-state index is 11.6. The first-order valence-electron chi connectivity index (χ1n) is 5.31. The van der Waals surface area contributed by atoms with Gasteiger partial charge in [0.2, 0.25) is 0 Å². The van der Waals surface area contributed by atoms with Crippen molar-refractivity contribution in [2.24, 2.45) is 0 Å². The van der Waals surface area contributed by atoms with Gasteiger partial charge in [-0.05, 0) is 12.1 Å². The minimum Gasteiger partial charge on any atom is -0.488 e. The van der Waals surface area contributed by atoms with E-state index in [1.165, 1.54) is 0 Å². The molecule has 0 aliphatic rings. The fourth-order valence-corrected chi connectivity index (χ4v) is 1.85. The first kappa shape index (κ1) is 13.2. The van der Waals surface area contributed by atoms with Crippen LogP contribution >= 0.6 is 23.2 Å². The van der Waals surface area contributed by atoms with Gasteiger partial charge in [-0.1, -0.05) is 23.7 Å². The summed E-state index contributed by atoms with van der Waals surface area (Å²) in [6.07, 6.45) is -0.805. The van der Waals surface area contributed by atoms with Gasteiger partial charge in [0.1, 0.15) is 17.7 Å². The summed E-state index contributed by atoms with van der Waals surface area (Å²) in [6, 6.07) is 7.13. The van der Waals surface area contributed by atoms with Crippen molar-refractivity contribution < 1.29 is 9.84 Å². The SMILES string of the molecule is O=c1[nH]c2ccccc2c(OCC(O)CCl)c1Cl. The third-order valence-electron chi connectivity index (χ3n) is 2.42. The van der Waals surface area contributed by atoms with Gasteiger partial charge in [0, 0.05) is 5.39 Å². The van der Waals surface area contributed by atoms with E-state index in [9.17, 15) is 9.90 Å². The average molecular weight is 288 g/mol. The molecule has 1 unspecified atom stereocenters. The van der Waals surface area contributed by atoms with Crippen molar-refractivity contribution in [3.63, 3.8) is 0 Å². The third kappa shape index (κ3) is 2.61. The molecule has 4 nitrogen and oxygen atoms in total. The molecule has 6 heteroatoms. The average Bonchev–Trinajstić information content (AvgIpc) is 2.39. The summed E-state index contributed by atoms with van der Waals surface area (Å²) in [4.78, 5) is 14.3. The molecule has 0 radical (unpaired) electrons. The van der Waals surface area contributed by atoms with Crippen LogP contribution in [0.2, 0.25) is 5.02 Å². The summed E-state index contributed by atoms with van der Waals surface area (Å²) in [6.45, 7) is -0.0172. The van der Waals surface area contributed by atoms with Crippen LogP contribution in [0.15, 0.2) is 29.1 Å². The lowest BCUT2D eigenvalue weighted by atomic mass is 10.2. The Morgan fingerprint density at radius 2 is 2.11 bits per heavy atom. The molecule has 0 aliphatic carbocycles. The Hall–Kier alpha value is -1.23.